The Morgan fingerprint density at radius 1 is 0.857 bits per heavy atom. The lowest BCUT2D eigenvalue weighted by atomic mass is 10.1. The lowest BCUT2D eigenvalue weighted by Gasteiger charge is -2.09. The monoisotopic (exact) mass is 377 g/mol. The van der Waals surface area contributed by atoms with E-state index in [4.69, 9.17) is 9.84 Å². The van der Waals surface area contributed by atoms with Gasteiger partial charge in [-0.2, -0.15) is 0 Å². The molecular weight excluding hydrogens is 350 g/mol. The molecule has 0 fully saturated rings. The molecule has 0 amide bonds. The Labute approximate surface area is 166 Å². The van der Waals surface area contributed by atoms with E-state index in [1.54, 1.807) is 0 Å². The molecule has 4 heteroatoms. The Kier molecular flexibility index (Phi) is 7.44. The molecule has 0 saturated heterocycles. The Morgan fingerprint density at radius 3 is 2.54 bits per heavy atom. The lowest BCUT2D eigenvalue weighted by molar-refractivity contribution is -0.136. The number of benzene rings is 3. The minimum absolute atomic E-state index is 0.167. The number of carbonyl (C=O) groups is 1. The van der Waals surface area contributed by atoms with Crippen molar-refractivity contribution in [2.45, 2.75) is 25.7 Å². The highest BCUT2D eigenvalue weighted by molar-refractivity contribution is 5.82. The van der Waals surface area contributed by atoms with E-state index < -0.39 is 5.97 Å². The van der Waals surface area contributed by atoms with Gasteiger partial charge < -0.3 is 15.2 Å². The van der Waals surface area contributed by atoms with Gasteiger partial charge in [0.1, 0.15) is 5.75 Å². The predicted molar refractivity (Wildman–Crippen MR) is 113 cm³/mol. The minimum Gasteiger partial charge on any atom is -0.493 e. The average Bonchev–Trinajstić information content (AvgIpc) is 2.71. The molecule has 28 heavy (non-hydrogen) atoms. The van der Waals surface area contributed by atoms with Crippen molar-refractivity contribution >= 4 is 16.7 Å². The summed E-state index contributed by atoms with van der Waals surface area (Å²) in [7, 11) is 0. The van der Waals surface area contributed by atoms with Gasteiger partial charge in [-0.1, -0.05) is 54.6 Å². The summed E-state index contributed by atoms with van der Waals surface area (Å²) in [5.74, 6) is 0.137. The maximum atomic E-state index is 10.5. The van der Waals surface area contributed by atoms with Crippen LogP contribution in [0.25, 0.3) is 10.8 Å². The Morgan fingerprint density at radius 2 is 1.68 bits per heavy atom. The van der Waals surface area contributed by atoms with Gasteiger partial charge in [-0.05, 0) is 53.4 Å². The molecule has 3 rings (SSSR count). The van der Waals surface area contributed by atoms with E-state index in [2.05, 4.69) is 59.9 Å². The van der Waals surface area contributed by atoms with Gasteiger partial charge in [0.2, 0.25) is 0 Å². The number of hydrogen-bond acceptors (Lipinski definition) is 3. The second kappa shape index (κ2) is 10.5. The van der Waals surface area contributed by atoms with E-state index in [-0.39, 0.29) is 6.42 Å². The van der Waals surface area contributed by atoms with Crippen LogP contribution in [0.4, 0.5) is 0 Å². The second-order valence-electron chi connectivity index (χ2n) is 6.92. The normalized spacial score (nSPS) is 10.9. The average molecular weight is 377 g/mol. The van der Waals surface area contributed by atoms with E-state index in [1.165, 1.54) is 21.9 Å². The number of nitrogens with one attached hydrogen (secondary N) is 1. The van der Waals surface area contributed by atoms with Gasteiger partial charge in [0.25, 0.3) is 0 Å². The third-order valence-electron chi connectivity index (χ3n) is 4.71. The molecule has 0 unspecified atom stereocenters. The van der Waals surface area contributed by atoms with Crippen LogP contribution in [-0.2, 0) is 17.6 Å². The summed E-state index contributed by atoms with van der Waals surface area (Å²) in [5.41, 5.74) is 2.52. The van der Waals surface area contributed by atoms with Crippen molar-refractivity contribution in [2.75, 3.05) is 19.7 Å². The van der Waals surface area contributed by atoms with Crippen LogP contribution in [0.5, 0.6) is 5.75 Å². The van der Waals surface area contributed by atoms with Gasteiger partial charge in [0.05, 0.1) is 13.0 Å². The van der Waals surface area contributed by atoms with Crippen molar-refractivity contribution in [2.24, 2.45) is 0 Å². The molecule has 3 aromatic rings. The third-order valence-corrected chi connectivity index (χ3v) is 4.71. The molecular formula is C24H27NO3. The fourth-order valence-electron chi connectivity index (χ4n) is 3.21. The number of ether oxygens (including phenoxy) is 1. The number of aryl methyl sites for hydroxylation is 1. The van der Waals surface area contributed by atoms with Crippen LogP contribution < -0.4 is 10.1 Å². The summed E-state index contributed by atoms with van der Waals surface area (Å²) in [6.45, 7) is 1.99. The summed E-state index contributed by atoms with van der Waals surface area (Å²) in [6.07, 6.45) is 2.96. The maximum Gasteiger partial charge on any atom is 0.304 e. The zero-order chi connectivity index (χ0) is 19.6. The smallest absolute Gasteiger partial charge is 0.304 e. The first kappa shape index (κ1) is 19.9. The van der Waals surface area contributed by atoms with Crippen molar-refractivity contribution < 1.29 is 14.6 Å². The molecule has 146 valence electrons. The van der Waals surface area contributed by atoms with Crippen LogP contribution in [-0.4, -0.2) is 30.8 Å². The molecule has 0 saturated carbocycles. The van der Waals surface area contributed by atoms with E-state index >= 15 is 0 Å². The summed E-state index contributed by atoms with van der Waals surface area (Å²) in [5, 5.41) is 14.3. The van der Waals surface area contributed by atoms with Crippen molar-refractivity contribution in [1.29, 1.82) is 0 Å². The standard InChI is InChI=1S/C24H27NO3/c26-24(27)12-15-25-14-4-6-19-5-3-9-23(18-19)28-16-13-20-10-11-21-7-1-2-8-22(21)17-20/h1-3,5,7-11,17-18,25H,4,6,12-16H2,(H,26,27). The van der Waals surface area contributed by atoms with E-state index in [9.17, 15) is 4.79 Å². The van der Waals surface area contributed by atoms with Crippen LogP contribution in [0.3, 0.4) is 0 Å². The molecule has 0 aliphatic carbocycles. The van der Waals surface area contributed by atoms with Gasteiger partial charge >= 0.3 is 5.97 Å². The molecule has 0 bridgehead atoms. The lowest BCUT2D eigenvalue weighted by Crippen LogP contribution is -2.19. The van der Waals surface area contributed by atoms with Crippen LogP contribution in [0.1, 0.15) is 24.0 Å². The predicted octanol–water partition coefficient (Wildman–Crippen LogP) is 4.46. The molecule has 0 heterocycles. The molecule has 0 spiro atoms. The van der Waals surface area contributed by atoms with Crippen molar-refractivity contribution in [3.05, 3.63) is 77.9 Å². The molecule has 0 atom stereocenters. The van der Waals surface area contributed by atoms with Crippen molar-refractivity contribution in [3.63, 3.8) is 0 Å². The van der Waals surface area contributed by atoms with Crippen molar-refractivity contribution in [1.82, 2.24) is 5.32 Å². The first-order chi connectivity index (χ1) is 13.7. The van der Waals surface area contributed by atoms with Crippen LogP contribution in [0.15, 0.2) is 66.7 Å². The van der Waals surface area contributed by atoms with Gasteiger partial charge in [-0.15, -0.1) is 0 Å². The number of carboxylic acids is 1. The summed E-state index contributed by atoms with van der Waals surface area (Å²) in [4.78, 5) is 10.5. The molecule has 3 aromatic carbocycles. The fraction of sp³-hybridized carbons (Fsp3) is 0.292. The zero-order valence-corrected chi connectivity index (χ0v) is 16.1. The highest BCUT2D eigenvalue weighted by Gasteiger charge is 2.01. The first-order valence-corrected chi connectivity index (χ1v) is 9.83. The van der Waals surface area contributed by atoms with Gasteiger partial charge in [0.15, 0.2) is 0 Å². The SMILES string of the molecule is O=C(O)CCNCCCc1cccc(OCCc2ccc3ccccc3c2)c1. The zero-order valence-electron chi connectivity index (χ0n) is 16.1. The molecule has 0 aliphatic rings. The number of rotatable bonds is 11. The molecule has 4 nitrogen and oxygen atoms in total. The summed E-state index contributed by atoms with van der Waals surface area (Å²) < 4.78 is 5.95. The topological polar surface area (TPSA) is 58.6 Å². The Hall–Kier alpha value is -2.85. The fourth-order valence-corrected chi connectivity index (χ4v) is 3.21. The second-order valence-corrected chi connectivity index (χ2v) is 6.92. The first-order valence-electron chi connectivity index (χ1n) is 9.83. The molecule has 0 aromatic heterocycles. The van der Waals surface area contributed by atoms with Gasteiger partial charge in [-0.25, -0.2) is 0 Å². The van der Waals surface area contributed by atoms with E-state index in [1.807, 2.05) is 12.1 Å². The van der Waals surface area contributed by atoms with Crippen molar-refractivity contribution in [3.8, 4) is 5.75 Å². The van der Waals surface area contributed by atoms with Gasteiger partial charge in [-0.3, -0.25) is 4.79 Å². The highest BCUT2D eigenvalue weighted by Crippen LogP contribution is 2.18. The Balaban J connectivity index is 1.42. The van der Waals surface area contributed by atoms with Crippen LogP contribution in [0, 0.1) is 0 Å². The molecule has 0 radical (unpaired) electrons. The van der Waals surface area contributed by atoms with E-state index in [0.717, 1.165) is 31.6 Å². The Bertz CT molecular complexity index is 907. The number of hydrogen-bond donors (Lipinski definition) is 2. The number of aliphatic carboxylic acids is 1. The number of fused-ring (bicyclic) bond motifs is 1. The summed E-state index contributed by atoms with van der Waals surface area (Å²) in [6, 6.07) is 23.2. The largest absolute Gasteiger partial charge is 0.493 e. The number of carboxylic acid groups (broad SMARTS) is 1. The van der Waals surface area contributed by atoms with Gasteiger partial charge in [0, 0.05) is 13.0 Å². The van der Waals surface area contributed by atoms with Crippen LogP contribution >= 0.6 is 0 Å². The summed E-state index contributed by atoms with van der Waals surface area (Å²) >= 11 is 0. The quantitative estimate of drug-likeness (QED) is 0.485. The maximum absolute atomic E-state index is 10.5. The van der Waals surface area contributed by atoms with Crippen LogP contribution in [0.2, 0.25) is 0 Å². The molecule has 0 aliphatic heterocycles. The highest BCUT2D eigenvalue weighted by atomic mass is 16.5. The molecule has 2 N–H and O–H groups in total. The third kappa shape index (κ3) is 6.39. The van der Waals surface area contributed by atoms with E-state index in [0.29, 0.717) is 13.2 Å². The minimum atomic E-state index is -0.763.